The molecule has 0 aliphatic heterocycles. The van der Waals surface area contributed by atoms with Gasteiger partial charge in [0, 0.05) is 6.04 Å². The summed E-state index contributed by atoms with van der Waals surface area (Å²) in [5, 5.41) is 0. The van der Waals surface area contributed by atoms with Gasteiger partial charge in [-0.25, -0.2) is 0 Å². The van der Waals surface area contributed by atoms with Crippen LogP contribution in [0.1, 0.15) is 37.8 Å². The second kappa shape index (κ2) is 4.67. The molecule has 2 N–H and O–H groups in total. The van der Waals surface area contributed by atoms with Crippen molar-refractivity contribution in [2.45, 2.75) is 32.2 Å². The fourth-order valence-electron chi connectivity index (χ4n) is 1.76. The Bertz CT molecular complexity index is 318. The minimum atomic E-state index is 0.0808. The van der Waals surface area contributed by atoms with E-state index in [1.54, 1.807) is 0 Å². The number of nitrogens with two attached hydrogens (primary N) is 1. The van der Waals surface area contributed by atoms with Gasteiger partial charge < -0.3 is 10.5 Å². The minimum Gasteiger partial charge on any atom is -0.493 e. The molecule has 0 spiro atoms. The lowest BCUT2D eigenvalue weighted by Crippen LogP contribution is -2.19. The van der Waals surface area contributed by atoms with Crippen LogP contribution in [0.3, 0.4) is 0 Å². The van der Waals surface area contributed by atoms with Crippen LogP contribution in [0.25, 0.3) is 0 Å². The van der Waals surface area contributed by atoms with Gasteiger partial charge in [-0.15, -0.1) is 0 Å². The molecule has 0 radical (unpaired) electrons. The van der Waals surface area contributed by atoms with Crippen molar-refractivity contribution in [1.82, 2.24) is 0 Å². The summed E-state index contributed by atoms with van der Waals surface area (Å²) in [7, 11) is 0. The molecule has 1 saturated carbocycles. The van der Waals surface area contributed by atoms with Crippen LogP contribution in [-0.2, 0) is 0 Å². The summed E-state index contributed by atoms with van der Waals surface area (Å²) in [5.74, 6) is 1.74. The van der Waals surface area contributed by atoms with E-state index in [2.05, 4.69) is 0 Å². The maximum absolute atomic E-state index is 5.82. The van der Waals surface area contributed by atoms with Crippen LogP contribution >= 0.6 is 0 Å². The maximum atomic E-state index is 5.82. The Morgan fingerprint density at radius 2 is 2.27 bits per heavy atom. The Kier molecular flexibility index (Phi) is 3.27. The van der Waals surface area contributed by atoms with Gasteiger partial charge in [0.2, 0.25) is 0 Å². The second-order valence-corrected chi connectivity index (χ2v) is 4.47. The average molecular weight is 205 g/mol. The molecule has 0 amide bonds. The van der Waals surface area contributed by atoms with Crippen molar-refractivity contribution in [3.05, 3.63) is 29.8 Å². The molecule has 1 atom stereocenters. The van der Waals surface area contributed by atoms with E-state index < -0.39 is 0 Å². The van der Waals surface area contributed by atoms with E-state index in [0.717, 1.165) is 23.8 Å². The van der Waals surface area contributed by atoms with Gasteiger partial charge in [-0.1, -0.05) is 18.6 Å². The molecule has 1 aliphatic carbocycles. The van der Waals surface area contributed by atoms with Crippen LogP contribution in [0.5, 0.6) is 5.75 Å². The molecular formula is C13H19NO. The first-order chi connectivity index (χ1) is 7.25. The molecule has 82 valence electrons. The largest absolute Gasteiger partial charge is 0.493 e. The molecule has 1 aliphatic rings. The first-order valence-corrected chi connectivity index (χ1v) is 5.74. The number of benzene rings is 1. The number of rotatable bonds is 4. The van der Waals surface area contributed by atoms with Crippen molar-refractivity contribution in [3.63, 3.8) is 0 Å². The normalized spacial score (nSPS) is 18.3. The van der Waals surface area contributed by atoms with Crippen molar-refractivity contribution in [1.29, 1.82) is 0 Å². The first-order valence-electron chi connectivity index (χ1n) is 5.74. The third kappa shape index (κ3) is 2.72. The maximum Gasteiger partial charge on any atom is 0.119 e. The molecule has 0 saturated heterocycles. The summed E-state index contributed by atoms with van der Waals surface area (Å²) in [6, 6.07) is 8.18. The monoisotopic (exact) mass is 205 g/mol. The lowest BCUT2D eigenvalue weighted by molar-refractivity contribution is 0.180. The van der Waals surface area contributed by atoms with E-state index in [4.69, 9.17) is 10.5 Å². The van der Waals surface area contributed by atoms with Crippen LogP contribution < -0.4 is 10.5 Å². The lowest BCUT2D eigenvalue weighted by atomic mass is 9.86. The highest BCUT2D eigenvalue weighted by Crippen LogP contribution is 2.27. The van der Waals surface area contributed by atoms with E-state index >= 15 is 0 Å². The number of hydrogen-bond acceptors (Lipinski definition) is 2. The molecule has 0 unspecified atom stereocenters. The van der Waals surface area contributed by atoms with Crippen molar-refractivity contribution >= 4 is 0 Å². The van der Waals surface area contributed by atoms with E-state index in [1.807, 2.05) is 31.2 Å². The van der Waals surface area contributed by atoms with Gasteiger partial charge in [0.25, 0.3) is 0 Å². The topological polar surface area (TPSA) is 35.2 Å². The Morgan fingerprint density at radius 1 is 1.47 bits per heavy atom. The van der Waals surface area contributed by atoms with Gasteiger partial charge in [-0.3, -0.25) is 0 Å². The van der Waals surface area contributed by atoms with E-state index in [-0.39, 0.29) is 6.04 Å². The fourth-order valence-corrected chi connectivity index (χ4v) is 1.76. The predicted molar refractivity (Wildman–Crippen MR) is 61.9 cm³/mol. The van der Waals surface area contributed by atoms with Gasteiger partial charge in [-0.2, -0.15) is 0 Å². The highest BCUT2D eigenvalue weighted by molar-refractivity contribution is 5.30. The fraction of sp³-hybridized carbons (Fsp3) is 0.538. The zero-order valence-electron chi connectivity index (χ0n) is 9.28. The Morgan fingerprint density at radius 3 is 2.87 bits per heavy atom. The molecule has 1 aromatic carbocycles. The van der Waals surface area contributed by atoms with Crippen LogP contribution in [0.15, 0.2) is 24.3 Å². The van der Waals surface area contributed by atoms with Crippen LogP contribution in [0, 0.1) is 5.92 Å². The van der Waals surface area contributed by atoms with Crippen LogP contribution in [0.4, 0.5) is 0 Å². The molecular weight excluding hydrogens is 186 g/mol. The lowest BCUT2D eigenvalue weighted by Gasteiger charge is -2.25. The van der Waals surface area contributed by atoms with Crippen LogP contribution in [-0.4, -0.2) is 6.61 Å². The van der Waals surface area contributed by atoms with Gasteiger partial charge >= 0.3 is 0 Å². The molecule has 0 aromatic heterocycles. The molecule has 1 aromatic rings. The summed E-state index contributed by atoms with van der Waals surface area (Å²) in [4.78, 5) is 0. The van der Waals surface area contributed by atoms with E-state index in [9.17, 15) is 0 Å². The standard InChI is InChI=1S/C13H19NO/c1-10(14)12-6-3-7-13(8-12)15-9-11-4-2-5-11/h3,6-8,10-11H,2,4-5,9,14H2,1H3/t10-/m1/s1. The molecule has 2 heteroatoms. The number of ether oxygens (including phenoxy) is 1. The third-order valence-corrected chi connectivity index (χ3v) is 3.09. The molecule has 0 heterocycles. The van der Waals surface area contributed by atoms with Gasteiger partial charge in [0.05, 0.1) is 6.61 Å². The molecule has 0 bridgehead atoms. The summed E-state index contributed by atoms with van der Waals surface area (Å²) >= 11 is 0. The predicted octanol–water partition coefficient (Wildman–Crippen LogP) is 2.89. The SMILES string of the molecule is C[C@@H](N)c1cccc(OCC2CCC2)c1. The number of hydrogen-bond donors (Lipinski definition) is 1. The van der Waals surface area contributed by atoms with Gasteiger partial charge in [-0.05, 0) is 43.4 Å². The van der Waals surface area contributed by atoms with Gasteiger partial charge in [0.15, 0.2) is 0 Å². The summed E-state index contributed by atoms with van der Waals surface area (Å²) < 4.78 is 5.75. The zero-order valence-corrected chi connectivity index (χ0v) is 9.28. The first kappa shape index (κ1) is 10.5. The Hall–Kier alpha value is -1.02. The Labute approximate surface area is 91.4 Å². The minimum absolute atomic E-state index is 0.0808. The summed E-state index contributed by atoms with van der Waals surface area (Å²) in [6.45, 7) is 2.85. The van der Waals surface area contributed by atoms with E-state index in [1.165, 1.54) is 19.3 Å². The molecule has 1 fully saturated rings. The highest BCUT2D eigenvalue weighted by atomic mass is 16.5. The molecule has 15 heavy (non-hydrogen) atoms. The van der Waals surface area contributed by atoms with E-state index in [0.29, 0.717) is 0 Å². The highest BCUT2D eigenvalue weighted by Gasteiger charge is 2.17. The molecule has 2 rings (SSSR count). The summed E-state index contributed by atoms with van der Waals surface area (Å²) in [6.07, 6.45) is 4.02. The van der Waals surface area contributed by atoms with Gasteiger partial charge in [0.1, 0.15) is 5.75 Å². The quantitative estimate of drug-likeness (QED) is 0.820. The van der Waals surface area contributed by atoms with Crippen molar-refractivity contribution in [3.8, 4) is 5.75 Å². The molecule has 2 nitrogen and oxygen atoms in total. The second-order valence-electron chi connectivity index (χ2n) is 4.47. The van der Waals surface area contributed by atoms with Crippen molar-refractivity contribution < 1.29 is 4.74 Å². The van der Waals surface area contributed by atoms with Crippen molar-refractivity contribution in [2.24, 2.45) is 11.7 Å². The average Bonchev–Trinajstić information content (AvgIpc) is 2.16. The zero-order chi connectivity index (χ0) is 10.7. The van der Waals surface area contributed by atoms with Crippen LogP contribution in [0.2, 0.25) is 0 Å². The van der Waals surface area contributed by atoms with Crippen molar-refractivity contribution in [2.75, 3.05) is 6.61 Å². The smallest absolute Gasteiger partial charge is 0.119 e. The summed E-state index contributed by atoms with van der Waals surface area (Å²) in [5.41, 5.74) is 6.96. The Balaban J connectivity index is 1.92. The third-order valence-electron chi connectivity index (χ3n) is 3.09.